The van der Waals surface area contributed by atoms with E-state index in [9.17, 15) is 13.2 Å². The molecular formula is C15H22F3PS2. The van der Waals surface area contributed by atoms with Gasteiger partial charge >= 0.3 is 6.18 Å². The monoisotopic (exact) mass is 354 g/mol. The summed E-state index contributed by atoms with van der Waals surface area (Å²) in [5, 5.41) is 0. The molecule has 0 heterocycles. The van der Waals surface area contributed by atoms with Crippen molar-refractivity contribution in [3.8, 4) is 0 Å². The number of thiol groups is 1. The average molecular weight is 354 g/mol. The van der Waals surface area contributed by atoms with Gasteiger partial charge in [0, 0.05) is 11.5 Å². The van der Waals surface area contributed by atoms with Gasteiger partial charge in [-0.25, -0.2) is 0 Å². The minimum Gasteiger partial charge on any atom is -0.172 e. The Bertz CT molecular complexity index is 435. The zero-order valence-corrected chi connectivity index (χ0v) is 14.8. The summed E-state index contributed by atoms with van der Waals surface area (Å²) in [4.78, 5) is 0.422. The Labute approximate surface area is 134 Å². The average Bonchev–Trinajstić information content (AvgIpc) is 2.46. The van der Waals surface area contributed by atoms with E-state index in [0.717, 1.165) is 18.6 Å². The van der Waals surface area contributed by atoms with Crippen LogP contribution in [0.5, 0.6) is 0 Å². The van der Waals surface area contributed by atoms with E-state index in [4.69, 9.17) is 11.8 Å². The maximum Gasteiger partial charge on any atom is 0.417 e. The second kappa shape index (κ2) is 9.81. The van der Waals surface area contributed by atoms with Crippen LogP contribution in [0.15, 0.2) is 29.2 Å². The van der Waals surface area contributed by atoms with E-state index in [-0.39, 0.29) is 0 Å². The second-order valence-electron chi connectivity index (χ2n) is 4.99. The van der Waals surface area contributed by atoms with Crippen molar-refractivity contribution in [1.82, 2.24) is 0 Å². The molecule has 21 heavy (non-hydrogen) atoms. The highest BCUT2D eigenvalue weighted by Crippen LogP contribution is 2.52. The van der Waals surface area contributed by atoms with Gasteiger partial charge in [-0.1, -0.05) is 51.2 Å². The van der Waals surface area contributed by atoms with Crippen molar-refractivity contribution in [1.29, 1.82) is 0 Å². The van der Waals surface area contributed by atoms with Gasteiger partial charge in [0.05, 0.1) is 5.56 Å². The lowest BCUT2D eigenvalue weighted by atomic mass is 10.1. The molecule has 0 aromatic heterocycles. The van der Waals surface area contributed by atoms with Crippen LogP contribution < -0.4 is 0 Å². The Balaban J connectivity index is 2.62. The molecule has 0 saturated heterocycles. The molecule has 0 fully saturated rings. The van der Waals surface area contributed by atoms with Crippen LogP contribution in [0.3, 0.4) is 0 Å². The van der Waals surface area contributed by atoms with Crippen LogP contribution in [0.1, 0.15) is 51.0 Å². The lowest BCUT2D eigenvalue weighted by Crippen LogP contribution is -2.07. The number of hydrogen-bond acceptors (Lipinski definition) is 1. The molecule has 120 valence electrons. The zero-order valence-electron chi connectivity index (χ0n) is 12.2. The maximum atomic E-state index is 13.0. The molecule has 1 unspecified atom stereocenters. The predicted molar refractivity (Wildman–Crippen MR) is 91.2 cm³/mol. The van der Waals surface area contributed by atoms with Crippen molar-refractivity contribution < 1.29 is 13.2 Å². The van der Waals surface area contributed by atoms with E-state index in [2.05, 4.69) is 6.92 Å². The summed E-state index contributed by atoms with van der Waals surface area (Å²) >= 11 is 5.09. The van der Waals surface area contributed by atoms with Crippen LogP contribution in [0.25, 0.3) is 0 Å². The normalized spacial score (nSPS) is 14.4. The van der Waals surface area contributed by atoms with Crippen molar-refractivity contribution in [2.45, 2.75) is 56.5 Å². The smallest absolute Gasteiger partial charge is 0.172 e. The number of alkyl halides is 3. The topological polar surface area (TPSA) is 0 Å². The van der Waals surface area contributed by atoms with Crippen LogP contribution in [0.2, 0.25) is 0 Å². The van der Waals surface area contributed by atoms with Gasteiger partial charge in [0.25, 0.3) is 0 Å². The van der Waals surface area contributed by atoms with Crippen LogP contribution in [0.4, 0.5) is 13.2 Å². The second-order valence-corrected chi connectivity index (χ2v) is 10.3. The first kappa shape index (κ1) is 18.9. The standard InChI is InChI=1S/C15H22F3PS2/c1-2-3-4-5-6-9-12-21(19-20)14-11-8-7-10-13(14)15(16,17)18/h7-8,10-11,21H,2-6,9,12H2,1H3. The fourth-order valence-corrected chi connectivity index (χ4v) is 6.84. The van der Waals surface area contributed by atoms with Gasteiger partial charge in [0.1, 0.15) is 0 Å². The molecule has 0 N–H and O–H groups in total. The third kappa shape index (κ3) is 6.66. The molecule has 0 saturated carbocycles. The Morgan fingerprint density at radius 2 is 1.67 bits per heavy atom. The minimum absolute atomic E-state index is 0.422. The van der Waals surface area contributed by atoms with Gasteiger partial charge < -0.3 is 0 Å². The Morgan fingerprint density at radius 1 is 1.05 bits per heavy atom. The number of benzene rings is 1. The molecule has 0 aliphatic rings. The summed E-state index contributed by atoms with van der Waals surface area (Å²) in [6.45, 7) is 2.84. The first-order chi connectivity index (χ1) is 10.0. The van der Waals surface area contributed by atoms with Crippen molar-refractivity contribution >= 4 is 28.9 Å². The highest BCUT2D eigenvalue weighted by atomic mass is 32.9. The van der Waals surface area contributed by atoms with Gasteiger partial charge in [0.15, 0.2) is 0 Å². The zero-order chi connectivity index (χ0) is 15.7. The summed E-state index contributed by atoms with van der Waals surface area (Å²) in [6.07, 6.45) is 2.63. The predicted octanol–water partition coefficient (Wildman–Crippen LogP) is 6.75. The Morgan fingerprint density at radius 3 is 2.29 bits per heavy atom. The van der Waals surface area contributed by atoms with Gasteiger partial charge in [0.2, 0.25) is 0 Å². The van der Waals surface area contributed by atoms with Crippen LogP contribution in [-0.2, 0) is 18.0 Å². The molecule has 0 spiro atoms. The fraction of sp³-hybridized carbons (Fsp3) is 0.600. The molecule has 0 bridgehead atoms. The molecule has 1 aromatic carbocycles. The third-order valence-electron chi connectivity index (χ3n) is 3.31. The third-order valence-corrected chi connectivity index (χ3v) is 8.80. The summed E-state index contributed by atoms with van der Waals surface area (Å²) in [5.74, 6) is 0.805. The quantitative estimate of drug-likeness (QED) is 0.291. The van der Waals surface area contributed by atoms with E-state index in [1.54, 1.807) is 12.1 Å². The lowest BCUT2D eigenvalue weighted by molar-refractivity contribution is -0.139. The van der Waals surface area contributed by atoms with Crippen molar-refractivity contribution in [3.05, 3.63) is 29.8 Å². The molecule has 0 amide bonds. The van der Waals surface area contributed by atoms with E-state index >= 15 is 0 Å². The number of unbranched alkanes of at least 4 members (excludes halogenated alkanes) is 5. The Hall–Kier alpha value is -0.120. The van der Waals surface area contributed by atoms with Crippen molar-refractivity contribution in [2.24, 2.45) is 0 Å². The Kier molecular flexibility index (Phi) is 8.84. The van der Waals surface area contributed by atoms with Gasteiger partial charge in [-0.15, -0.1) is 0 Å². The van der Waals surface area contributed by atoms with Crippen LogP contribution in [0, 0.1) is 0 Å². The minimum atomic E-state index is -4.28. The first-order valence-electron chi connectivity index (χ1n) is 7.27. The number of hydrogen-bond donors (Lipinski definition) is 1. The van der Waals surface area contributed by atoms with E-state index in [1.807, 2.05) is 0 Å². The SMILES string of the molecule is CCCCCCCC[SH](P=S)c1ccccc1C(F)(F)F. The largest absolute Gasteiger partial charge is 0.417 e. The molecule has 0 radical (unpaired) electrons. The van der Waals surface area contributed by atoms with Gasteiger partial charge in [-0.2, -0.15) is 23.7 Å². The lowest BCUT2D eigenvalue weighted by Gasteiger charge is -2.20. The maximum absolute atomic E-state index is 13.0. The summed E-state index contributed by atoms with van der Waals surface area (Å²) < 4.78 is 39.1. The van der Waals surface area contributed by atoms with E-state index < -0.39 is 22.3 Å². The molecule has 0 aliphatic carbocycles. The van der Waals surface area contributed by atoms with Gasteiger partial charge in [-0.05, 0) is 36.1 Å². The molecule has 1 aromatic rings. The summed E-state index contributed by atoms with van der Waals surface area (Å²) in [5.41, 5.74) is -0.501. The molecular weight excluding hydrogens is 332 g/mol. The highest BCUT2D eigenvalue weighted by molar-refractivity contribution is 8.67. The van der Waals surface area contributed by atoms with E-state index in [1.165, 1.54) is 37.8 Å². The molecule has 1 rings (SSSR count). The number of halogens is 3. The van der Waals surface area contributed by atoms with Gasteiger partial charge in [-0.3, -0.25) is 0 Å². The van der Waals surface area contributed by atoms with Crippen LogP contribution >= 0.6 is 17.1 Å². The van der Waals surface area contributed by atoms with Crippen LogP contribution in [-0.4, -0.2) is 5.75 Å². The fourth-order valence-electron chi connectivity index (χ4n) is 2.19. The van der Waals surface area contributed by atoms with Crippen molar-refractivity contribution in [2.75, 3.05) is 5.75 Å². The molecule has 6 heteroatoms. The summed E-state index contributed by atoms with van der Waals surface area (Å²) in [6, 6.07) is 5.91. The van der Waals surface area contributed by atoms with E-state index in [0.29, 0.717) is 11.5 Å². The summed E-state index contributed by atoms with van der Waals surface area (Å²) in [7, 11) is -0.896. The molecule has 0 aliphatic heterocycles. The molecule has 1 atom stereocenters. The highest BCUT2D eigenvalue weighted by Gasteiger charge is 2.34. The van der Waals surface area contributed by atoms with Crippen molar-refractivity contribution in [3.63, 3.8) is 0 Å². The molecule has 0 nitrogen and oxygen atoms in total. The number of rotatable bonds is 9. The first-order valence-corrected chi connectivity index (χ1v) is 11.4.